The minimum Gasteiger partial charge on any atom is -0.342 e. The van der Waals surface area contributed by atoms with E-state index >= 15 is 0 Å². The molecule has 1 aliphatic rings. The fraction of sp³-hybridized carbons (Fsp3) is 0.800. The largest absolute Gasteiger partial charge is 0.342 e. The van der Waals surface area contributed by atoms with Crippen LogP contribution in [0.25, 0.3) is 0 Å². The third-order valence-corrected chi connectivity index (χ3v) is 3.09. The molecule has 2 heterocycles. The number of anilines is 1. The van der Waals surface area contributed by atoms with Crippen molar-refractivity contribution in [2.45, 2.75) is 32.2 Å². The van der Waals surface area contributed by atoms with E-state index in [-0.39, 0.29) is 0 Å². The van der Waals surface area contributed by atoms with Crippen LogP contribution in [0, 0.1) is 0 Å². The minimum absolute atomic E-state index is 0.372. The zero-order valence-corrected chi connectivity index (χ0v) is 9.53. The summed E-state index contributed by atoms with van der Waals surface area (Å²) in [6, 6.07) is 0.435. The molecule has 2 atom stereocenters. The fourth-order valence-electron chi connectivity index (χ4n) is 1.87. The summed E-state index contributed by atoms with van der Waals surface area (Å²) in [5, 5.41) is 7.36. The van der Waals surface area contributed by atoms with Gasteiger partial charge in [-0.1, -0.05) is 0 Å². The topological polar surface area (TPSA) is 54.2 Å². The average molecular weight is 210 g/mol. The second-order valence-corrected chi connectivity index (χ2v) is 4.08. The van der Waals surface area contributed by atoms with Crippen LogP contribution in [0.2, 0.25) is 0 Å². The molecular formula is C10H18N4O. The minimum atomic E-state index is 0.372. The van der Waals surface area contributed by atoms with Gasteiger partial charge in [-0.3, -0.25) is 0 Å². The van der Waals surface area contributed by atoms with Crippen molar-refractivity contribution >= 4 is 5.95 Å². The molecule has 2 rings (SSSR count). The maximum absolute atomic E-state index is 5.30. The first-order valence-corrected chi connectivity index (χ1v) is 5.50. The molecule has 0 aromatic carbocycles. The van der Waals surface area contributed by atoms with E-state index in [0.29, 0.717) is 17.9 Å². The highest BCUT2D eigenvalue weighted by molar-refractivity contribution is 5.26. The first-order valence-electron chi connectivity index (χ1n) is 5.50. The van der Waals surface area contributed by atoms with Gasteiger partial charge >= 0.3 is 0 Å². The van der Waals surface area contributed by atoms with Crippen LogP contribution in [-0.4, -0.2) is 36.3 Å². The van der Waals surface area contributed by atoms with Crippen molar-refractivity contribution in [3.8, 4) is 0 Å². The monoisotopic (exact) mass is 210 g/mol. The molecule has 0 radical (unpaired) electrons. The molecule has 1 saturated heterocycles. The maximum Gasteiger partial charge on any atom is 0.265 e. The Morgan fingerprint density at radius 2 is 2.40 bits per heavy atom. The van der Waals surface area contributed by atoms with E-state index in [4.69, 9.17) is 4.52 Å². The van der Waals surface area contributed by atoms with Gasteiger partial charge in [-0.2, -0.15) is 4.98 Å². The van der Waals surface area contributed by atoms with E-state index in [0.717, 1.165) is 25.4 Å². The molecule has 5 heteroatoms. The lowest BCUT2D eigenvalue weighted by Gasteiger charge is -2.10. The molecule has 5 nitrogen and oxygen atoms in total. The Labute approximate surface area is 89.8 Å². The molecule has 1 fully saturated rings. The highest BCUT2D eigenvalue weighted by atomic mass is 16.5. The Kier molecular flexibility index (Phi) is 2.90. The molecule has 0 saturated carbocycles. The van der Waals surface area contributed by atoms with Crippen molar-refractivity contribution < 1.29 is 4.52 Å². The van der Waals surface area contributed by atoms with Gasteiger partial charge in [0, 0.05) is 19.6 Å². The van der Waals surface area contributed by atoms with Crippen LogP contribution in [0.15, 0.2) is 4.52 Å². The molecule has 1 N–H and O–H groups in total. The van der Waals surface area contributed by atoms with Crippen molar-refractivity contribution in [2.75, 3.05) is 25.0 Å². The Bertz CT molecular complexity index is 325. The summed E-state index contributed by atoms with van der Waals surface area (Å²) >= 11 is 0. The van der Waals surface area contributed by atoms with Crippen molar-refractivity contribution in [3.05, 3.63) is 5.89 Å². The number of hydrogen-bond acceptors (Lipinski definition) is 5. The highest BCUT2D eigenvalue weighted by Gasteiger charge is 2.29. The third-order valence-electron chi connectivity index (χ3n) is 3.09. The van der Waals surface area contributed by atoms with E-state index in [1.807, 2.05) is 11.9 Å². The van der Waals surface area contributed by atoms with Gasteiger partial charge < -0.3 is 14.7 Å². The molecule has 1 aliphatic heterocycles. The van der Waals surface area contributed by atoms with E-state index < -0.39 is 0 Å². The average Bonchev–Trinajstić information content (AvgIpc) is 2.84. The van der Waals surface area contributed by atoms with E-state index in [1.54, 1.807) is 0 Å². The first kappa shape index (κ1) is 10.4. The van der Waals surface area contributed by atoms with Crippen LogP contribution >= 0.6 is 0 Å². The van der Waals surface area contributed by atoms with E-state index in [9.17, 15) is 0 Å². The summed E-state index contributed by atoms with van der Waals surface area (Å²) in [5.74, 6) is 1.82. The van der Waals surface area contributed by atoms with Crippen LogP contribution in [0.5, 0.6) is 0 Å². The quantitative estimate of drug-likeness (QED) is 0.806. The third kappa shape index (κ3) is 1.97. The summed E-state index contributed by atoms with van der Waals surface area (Å²) < 4.78 is 5.30. The zero-order valence-electron chi connectivity index (χ0n) is 9.53. The first-order chi connectivity index (χ1) is 7.22. The number of rotatable bonds is 3. The summed E-state index contributed by atoms with van der Waals surface area (Å²) in [4.78, 5) is 6.39. The zero-order chi connectivity index (χ0) is 10.8. The molecule has 1 aromatic heterocycles. The van der Waals surface area contributed by atoms with Gasteiger partial charge in [0.2, 0.25) is 5.89 Å². The Balaban J connectivity index is 2.12. The van der Waals surface area contributed by atoms with E-state index in [2.05, 4.69) is 29.3 Å². The van der Waals surface area contributed by atoms with Crippen molar-refractivity contribution in [1.82, 2.24) is 15.5 Å². The predicted molar refractivity (Wildman–Crippen MR) is 58.1 cm³/mol. The van der Waals surface area contributed by atoms with Gasteiger partial charge in [-0.05, 0) is 32.0 Å². The maximum atomic E-state index is 5.30. The standard InChI is InChI=1S/C10H18N4O/c1-4-14(3)10-12-9(15-13-10)8-5-6-11-7(8)2/h7-8,11H,4-6H2,1-3H3. The summed E-state index contributed by atoms with van der Waals surface area (Å²) in [6.07, 6.45) is 1.08. The number of aromatic nitrogens is 2. The molecule has 1 aromatic rings. The van der Waals surface area contributed by atoms with Gasteiger partial charge in [0.25, 0.3) is 5.95 Å². The smallest absolute Gasteiger partial charge is 0.265 e. The molecule has 0 spiro atoms. The normalized spacial score (nSPS) is 25.8. The van der Waals surface area contributed by atoms with Crippen LogP contribution in [0.1, 0.15) is 32.1 Å². The molecule has 84 valence electrons. The molecule has 0 amide bonds. The fourth-order valence-corrected chi connectivity index (χ4v) is 1.87. The molecule has 2 unspecified atom stereocenters. The van der Waals surface area contributed by atoms with Gasteiger partial charge in [0.05, 0.1) is 5.92 Å². The second-order valence-electron chi connectivity index (χ2n) is 4.08. The SMILES string of the molecule is CCN(C)c1noc(C2CCNC2C)n1. The number of hydrogen-bond donors (Lipinski definition) is 1. The van der Waals surface area contributed by atoms with Gasteiger partial charge in [0.1, 0.15) is 0 Å². The molecule has 15 heavy (non-hydrogen) atoms. The van der Waals surface area contributed by atoms with Crippen LogP contribution in [0.3, 0.4) is 0 Å². The summed E-state index contributed by atoms with van der Waals surface area (Å²) in [6.45, 7) is 6.14. The highest BCUT2D eigenvalue weighted by Crippen LogP contribution is 2.26. The second kappa shape index (κ2) is 4.18. The van der Waals surface area contributed by atoms with E-state index in [1.165, 1.54) is 0 Å². The Morgan fingerprint density at radius 1 is 1.60 bits per heavy atom. The van der Waals surface area contributed by atoms with Gasteiger partial charge in [0.15, 0.2) is 0 Å². The van der Waals surface area contributed by atoms with Crippen molar-refractivity contribution in [1.29, 1.82) is 0 Å². The van der Waals surface area contributed by atoms with Crippen LogP contribution in [0.4, 0.5) is 5.95 Å². The lowest BCUT2D eigenvalue weighted by molar-refractivity contribution is 0.344. The lowest BCUT2D eigenvalue weighted by atomic mass is 10.0. The Morgan fingerprint density at radius 3 is 3.00 bits per heavy atom. The molecule has 0 aliphatic carbocycles. The summed E-state index contributed by atoms with van der Waals surface area (Å²) in [7, 11) is 1.96. The molecule has 0 bridgehead atoms. The van der Waals surface area contributed by atoms with Gasteiger partial charge in [-0.25, -0.2) is 0 Å². The van der Waals surface area contributed by atoms with Crippen molar-refractivity contribution in [3.63, 3.8) is 0 Å². The number of nitrogens with zero attached hydrogens (tertiary/aromatic N) is 3. The van der Waals surface area contributed by atoms with Crippen LogP contribution < -0.4 is 10.2 Å². The van der Waals surface area contributed by atoms with Gasteiger partial charge in [-0.15, -0.1) is 0 Å². The van der Waals surface area contributed by atoms with Crippen LogP contribution in [-0.2, 0) is 0 Å². The lowest BCUT2D eigenvalue weighted by Crippen LogP contribution is -2.22. The Hall–Kier alpha value is -1.10. The number of nitrogens with one attached hydrogen (secondary N) is 1. The predicted octanol–water partition coefficient (Wildman–Crippen LogP) is 0.991. The molecular weight excluding hydrogens is 192 g/mol. The van der Waals surface area contributed by atoms with Crippen molar-refractivity contribution in [2.24, 2.45) is 0 Å². The summed E-state index contributed by atoms with van der Waals surface area (Å²) in [5.41, 5.74) is 0.